The Morgan fingerprint density at radius 1 is 1.40 bits per heavy atom. The summed E-state index contributed by atoms with van der Waals surface area (Å²) in [6.45, 7) is 3.80. The van der Waals surface area contributed by atoms with Crippen LogP contribution < -0.4 is 10.6 Å². The predicted molar refractivity (Wildman–Crippen MR) is 79.4 cm³/mol. The molecule has 7 heteroatoms. The third-order valence-corrected chi connectivity index (χ3v) is 2.98. The van der Waals surface area contributed by atoms with Crippen LogP contribution >= 0.6 is 15.9 Å². The number of carboxylic acid groups (broad SMARTS) is 1. The first-order valence-electron chi connectivity index (χ1n) is 6.26. The molecule has 0 aliphatic rings. The van der Waals surface area contributed by atoms with Crippen molar-refractivity contribution in [3.63, 3.8) is 0 Å². The van der Waals surface area contributed by atoms with Crippen LogP contribution in [-0.2, 0) is 9.59 Å². The van der Waals surface area contributed by atoms with Gasteiger partial charge in [0.05, 0.1) is 6.54 Å². The van der Waals surface area contributed by atoms with Gasteiger partial charge in [0.15, 0.2) is 0 Å². The Hall–Kier alpha value is -1.47. The minimum absolute atomic E-state index is 0.0680. The number of hydrogen-bond donors (Lipinski definition) is 3. The minimum Gasteiger partial charge on any atom is -0.480 e. The molecule has 0 radical (unpaired) electrons. The number of halogens is 1. The minimum atomic E-state index is -0.951. The summed E-state index contributed by atoms with van der Waals surface area (Å²) in [6.07, 6.45) is 2.04. The lowest BCUT2D eigenvalue weighted by Crippen LogP contribution is -2.42. The number of aliphatic carboxylic acids is 1. The van der Waals surface area contributed by atoms with E-state index in [1.165, 1.54) is 0 Å². The fourth-order valence-electron chi connectivity index (χ4n) is 1.60. The zero-order chi connectivity index (χ0) is 15.1. The third kappa shape index (κ3) is 6.12. The molecule has 3 N–H and O–H groups in total. The number of carbonyl (C=O) groups is 2. The van der Waals surface area contributed by atoms with Crippen LogP contribution in [0.25, 0.3) is 0 Å². The summed E-state index contributed by atoms with van der Waals surface area (Å²) in [5, 5.41) is 14.4. The first-order chi connectivity index (χ1) is 9.38. The highest BCUT2D eigenvalue weighted by atomic mass is 79.9. The van der Waals surface area contributed by atoms with Crippen LogP contribution in [0.15, 0.2) is 22.8 Å². The number of carboxylic acids is 1. The highest BCUT2D eigenvalue weighted by Gasteiger charge is 2.19. The molecule has 1 unspecified atom stereocenters. The molecule has 1 aromatic rings. The number of nitrogens with zero attached hydrogens (tertiary/aromatic N) is 1. The molecule has 0 aliphatic carbocycles. The van der Waals surface area contributed by atoms with Crippen LogP contribution in [0.3, 0.4) is 0 Å². The lowest BCUT2D eigenvalue weighted by molar-refractivity contribution is -0.139. The smallest absolute Gasteiger partial charge is 0.320 e. The molecule has 1 rings (SSSR count). The fourth-order valence-corrected chi connectivity index (χ4v) is 1.83. The van der Waals surface area contributed by atoms with E-state index in [0.29, 0.717) is 12.2 Å². The highest BCUT2D eigenvalue weighted by molar-refractivity contribution is 9.10. The molecule has 0 spiro atoms. The van der Waals surface area contributed by atoms with Crippen molar-refractivity contribution in [1.29, 1.82) is 0 Å². The molecule has 0 saturated carbocycles. The van der Waals surface area contributed by atoms with Crippen LogP contribution in [0.2, 0.25) is 0 Å². The topological polar surface area (TPSA) is 91.3 Å². The maximum Gasteiger partial charge on any atom is 0.320 e. The van der Waals surface area contributed by atoms with Crippen molar-refractivity contribution in [1.82, 2.24) is 10.3 Å². The number of hydrogen-bond acceptors (Lipinski definition) is 4. The summed E-state index contributed by atoms with van der Waals surface area (Å²) in [6, 6.07) is 2.69. The Bertz CT molecular complexity index is 462. The molecule has 0 bridgehead atoms. The van der Waals surface area contributed by atoms with E-state index in [1.54, 1.807) is 18.3 Å². The number of aromatic nitrogens is 1. The SMILES string of the molecule is CC(C)CC(NCC(=O)Nc1ccc(Br)cn1)C(=O)O. The average Bonchev–Trinajstić information content (AvgIpc) is 2.36. The predicted octanol–water partition coefficient (Wildman–Crippen LogP) is 1.87. The number of amides is 1. The van der Waals surface area contributed by atoms with Crippen LogP contribution in [0, 0.1) is 5.92 Å². The second kappa shape index (κ2) is 7.96. The van der Waals surface area contributed by atoms with Crippen LogP contribution in [0.4, 0.5) is 5.82 Å². The molecule has 0 aliphatic heterocycles. The molecule has 0 aromatic carbocycles. The summed E-state index contributed by atoms with van der Waals surface area (Å²) in [5.74, 6) is -0.612. The summed E-state index contributed by atoms with van der Waals surface area (Å²) in [4.78, 5) is 26.7. The van der Waals surface area contributed by atoms with Crippen LogP contribution in [0.1, 0.15) is 20.3 Å². The monoisotopic (exact) mass is 343 g/mol. The fraction of sp³-hybridized carbons (Fsp3) is 0.462. The van der Waals surface area contributed by atoms with Gasteiger partial charge in [-0.25, -0.2) is 4.98 Å². The molecule has 20 heavy (non-hydrogen) atoms. The lowest BCUT2D eigenvalue weighted by atomic mass is 10.0. The second-order valence-electron chi connectivity index (χ2n) is 4.81. The third-order valence-electron chi connectivity index (χ3n) is 2.51. The summed E-state index contributed by atoms with van der Waals surface area (Å²) in [7, 11) is 0. The van der Waals surface area contributed by atoms with E-state index in [4.69, 9.17) is 5.11 Å². The van der Waals surface area contributed by atoms with Gasteiger partial charge in [-0.15, -0.1) is 0 Å². The van der Waals surface area contributed by atoms with E-state index >= 15 is 0 Å². The molecule has 1 amide bonds. The molecule has 1 heterocycles. The number of rotatable bonds is 7. The van der Waals surface area contributed by atoms with Gasteiger partial charge >= 0.3 is 5.97 Å². The molecular formula is C13H18BrN3O3. The zero-order valence-electron chi connectivity index (χ0n) is 11.4. The van der Waals surface area contributed by atoms with Crippen molar-refractivity contribution in [2.45, 2.75) is 26.3 Å². The van der Waals surface area contributed by atoms with Crippen LogP contribution in [0.5, 0.6) is 0 Å². The second-order valence-corrected chi connectivity index (χ2v) is 5.73. The van der Waals surface area contributed by atoms with Crippen molar-refractivity contribution in [2.75, 3.05) is 11.9 Å². The van der Waals surface area contributed by atoms with Gasteiger partial charge in [-0.05, 0) is 40.4 Å². The molecular weight excluding hydrogens is 326 g/mol. The standard InChI is InChI=1S/C13H18BrN3O3/c1-8(2)5-10(13(19)20)15-7-12(18)17-11-4-3-9(14)6-16-11/h3-4,6,8,10,15H,5,7H2,1-2H3,(H,19,20)(H,16,17,18). The van der Waals surface area contributed by atoms with E-state index in [1.807, 2.05) is 13.8 Å². The van der Waals surface area contributed by atoms with Crippen molar-refractivity contribution in [3.05, 3.63) is 22.8 Å². The lowest BCUT2D eigenvalue weighted by Gasteiger charge is -2.16. The molecule has 0 saturated heterocycles. The van der Waals surface area contributed by atoms with Crippen molar-refractivity contribution in [3.8, 4) is 0 Å². The van der Waals surface area contributed by atoms with Crippen molar-refractivity contribution in [2.24, 2.45) is 5.92 Å². The average molecular weight is 344 g/mol. The van der Waals surface area contributed by atoms with Gasteiger partial charge in [0.1, 0.15) is 11.9 Å². The molecule has 1 atom stereocenters. The largest absolute Gasteiger partial charge is 0.480 e. The quantitative estimate of drug-likeness (QED) is 0.702. The Morgan fingerprint density at radius 3 is 2.60 bits per heavy atom. The van der Waals surface area contributed by atoms with E-state index in [2.05, 4.69) is 31.5 Å². The molecule has 6 nitrogen and oxygen atoms in total. The Labute approximate surface area is 126 Å². The van der Waals surface area contributed by atoms with Gasteiger partial charge in [0.25, 0.3) is 0 Å². The first-order valence-corrected chi connectivity index (χ1v) is 7.05. The van der Waals surface area contributed by atoms with Gasteiger partial charge in [0.2, 0.25) is 5.91 Å². The van der Waals surface area contributed by atoms with Crippen molar-refractivity contribution < 1.29 is 14.7 Å². The van der Waals surface area contributed by atoms with Crippen LogP contribution in [-0.4, -0.2) is 34.6 Å². The number of nitrogens with one attached hydrogen (secondary N) is 2. The van der Waals surface area contributed by atoms with Crippen molar-refractivity contribution >= 4 is 33.6 Å². The summed E-state index contributed by atoms with van der Waals surface area (Å²) < 4.78 is 0.816. The van der Waals surface area contributed by atoms with E-state index < -0.39 is 12.0 Å². The summed E-state index contributed by atoms with van der Waals surface area (Å²) >= 11 is 3.25. The number of pyridine rings is 1. The molecule has 0 fully saturated rings. The van der Waals surface area contributed by atoms with Gasteiger partial charge in [0, 0.05) is 10.7 Å². The Morgan fingerprint density at radius 2 is 2.10 bits per heavy atom. The molecule has 1 aromatic heterocycles. The maximum atomic E-state index is 11.7. The highest BCUT2D eigenvalue weighted by Crippen LogP contribution is 2.10. The van der Waals surface area contributed by atoms with Gasteiger partial charge in [-0.2, -0.15) is 0 Å². The first kappa shape index (κ1) is 16.6. The van der Waals surface area contributed by atoms with Gasteiger partial charge < -0.3 is 10.4 Å². The Kier molecular flexibility index (Phi) is 6.60. The zero-order valence-corrected chi connectivity index (χ0v) is 13.0. The number of carbonyl (C=O) groups excluding carboxylic acids is 1. The van der Waals surface area contributed by atoms with E-state index in [9.17, 15) is 9.59 Å². The van der Waals surface area contributed by atoms with E-state index in [0.717, 1.165) is 4.47 Å². The maximum absolute atomic E-state index is 11.7. The summed E-state index contributed by atoms with van der Waals surface area (Å²) in [5.41, 5.74) is 0. The normalized spacial score (nSPS) is 12.2. The number of anilines is 1. The Balaban J connectivity index is 2.45. The van der Waals surface area contributed by atoms with Gasteiger partial charge in [-0.1, -0.05) is 13.8 Å². The molecule has 110 valence electrons. The van der Waals surface area contributed by atoms with Gasteiger partial charge in [-0.3, -0.25) is 14.9 Å². The van der Waals surface area contributed by atoms with E-state index in [-0.39, 0.29) is 18.4 Å².